The number of aromatic amines is 1. The lowest BCUT2D eigenvalue weighted by Crippen LogP contribution is -2.15. The highest BCUT2D eigenvalue weighted by Gasteiger charge is 2.08. The fraction of sp³-hybridized carbons (Fsp3) is 0.308. The molecule has 2 aromatic rings. The fourth-order valence-electron chi connectivity index (χ4n) is 1.55. The number of nitrogens with one attached hydrogen (secondary N) is 2. The van der Waals surface area contributed by atoms with Crippen molar-refractivity contribution in [2.45, 2.75) is 12.7 Å². The molecule has 0 unspecified atom stereocenters. The lowest BCUT2D eigenvalue weighted by atomic mass is 10.2. The molecule has 21 heavy (non-hydrogen) atoms. The van der Waals surface area contributed by atoms with Gasteiger partial charge in [-0.2, -0.15) is 4.98 Å². The fourth-order valence-corrected chi connectivity index (χ4v) is 2.54. The molecule has 0 aliphatic heterocycles. The first-order valence-corrected chi connectivity index (χ1v) is 7.88. The summed E-state index contributed by atoms with van der Waals surface area (Å²) in [6.45, 7) is 2.31. The summed E-state index contributed by atoms with van der Waals surface area (Å²) in [6, 6.07) is 7.79. The number of rotatable bonds is 7. The highest BCUT2D eigenvalue weighted by molar-refractivity contribution is 7.99. The number of halogens is 1. The van der Waals surface area contributed by atoms with Crippen LogP contribution in [0.15, 0.2) is 24.3 Å². The van der Waals surface area contributed by atoms with Gasteiger partial charge < -0.3 is 4.74 Å². The Bertz CT molecular complexity index is 605. The van der Waals surface area contributed by atoms with Gasteiger partial charge in [0, 0.05) is 10.8 Å². The van der Waals surface area contributed by atoms with Crippen molar-refractivity contribution in [3.8, 4) is 6.01 Å². The van der Waals surface area contributed by atoms with Gasteiger partial charge in [0.05, 0.1) is 12.4 Å². The summed E-state index contributed by atoms with van der Waals surface area (Å²) >= 11 is 7.40. The number of ether oxygens (including phenoxy) is 1. The van der Waals surface area contributed by atoms with Crippen molar-refractivity contribution >= 4 is 35.2 Å². The van der Waals surface area contributed by atoms with Gasteiger partial charge in [-0.25, -0.2) is 5.10 Å². The summed E-state index contributed by atoms with van der Waals surface area (Å²) < 4.78 is 5.10. The molecule has 1 aromatic carbocycles. The van der Waals surface area contributed by atoms with Crippen LogP contribution >= 0.6 is 23.4 Å². The Morgan fingerprint density at radius 2 is 2.38 bits per heavy atom. The predicted octanol–water partition coefficient (Wildman–Crippen LogP) is 2.73. The largest absolute Gasteiger partial charge is 0.463 e. The lowest BCUT2D eigenvalue weighted by Gasteiger charge is -2.02. The van der Waals surface area contributed by atoms with Crippen molar-refractivity contribution in [3.63, 3.8) is 0 Å². The molecule has 2 rings (SSSR count). The molecule has 0 saturated carbocycles. The van der Waals surface area contributed by atoms with Gasteiger partial charge in [0.25, 0.3) is 0 Å². The third kappa shape index (κ3) is 5.28. The van der Waals surface area contributed by atoms with Gasteiger partial charge >= 0.3 is 6.01 Å². The SMILES string of the molecule is CCOc1n[nH]c(NC(=O)CSCc2cccc(Cl)c2)n1. The van der Waals surface area contributed by atoms with Crippen LogP contribution in [0.3, 0.4) is 0 Å². The van der Waals surface area contributed by atoms with E-state index in [0.717, 1.165) is 5.56 Å². The van der Waals surface area contributed by atoms with Crippen LogP contribution in [0.25, 0.3) is 0 Å². The number of anilines is 1. The van der Waals surface area contributed by atoms with Crippen LogP contribution in [0.2, 0.25) is 5.02 Å². The molecular weight excluding hydrogens is 312 g/mol. The maximum Gasteiger partial charge on any atom is 0.337 e. The van der Waals surface area contributed by atoms with Gasteiger partial charge in [-0.05, 0) is 24.6 Å². The predicted molar refractivity (Wildman–Crippen MR) is 83.8 cm³/mol. The minimum absolute atomic E-state index is 0.152. The monoisotopic (exact) mass is 326 g/mol. The molecule has 0 spiro atoms. The normalized spacial score (nSPS) is 10.4. The molecule has 0 atom stereocenters. The van der Waals surface area contributed by atoms with Crippen LogP contribution in [0.5, 0.6) is 6.01 Å². The lowest BCUT2D eigenvalue weighted by molar-refractivity contribution is -0.113. The third-order valence-corrected chi connectivity index (χ3v) is 3.63. The Balaban J connectivity index is 1.74. The molecular formula is C13H15ClN4O2S. The molecule has 112 valence electrons. The summed E-state index contributed by atoms with van der Waals surface area (Å²) in [4.78, 5) is 15.7. The number of amides is 1. The highest BCUT2D eigenvalue weighted by Crippen LogP contribution is 2.16. The summed E-state index contributed by atoms with van der Waals surface area (Å²) in [5.41, 5.74) is 1.08. The van der Waals surface area contributed by atoms with E-state index in [0.29, 0.717) is 23.1 Å². The van der Waals surface area contributed by atoms with Crippen LogP contribution < -0.4 is 10.1 Å². The van der Waals surface area contributed by atoms with Gasteiger partial charge in [-0.1, -0.05) is 23.7 Å². The summed E-state index contributed by atoms with van der Waals surface area (Å²) in [5.74, 6) is 1.17. The van der Waals surface area contributed by atoms with E-state index in [-0.39, 0.29) is 17.9 Å². The molecule has 2 N–H and O–H groups in total. The van der Waals surface area contributed by atoms with Crippen LogP contribution in [-0.4, -0.2) is 33.4 Å². The van der Waals surface area contributed by atoms with Crippen LogP contribution in [-0.2, 0) is 10.5 Å². The maximum atomic E-state index is 11.8. The van der Waals surface area contributed by atoms with E-state index in [1.54, 1.807) is 0 Å². The van der Waals surface area contributed by atoms with E-state index < -0.39 is 0 Å². The summed E-state index contributed by atoms with van der Waals surface area (Å²) in [5, 5.41) is 9.71. The first-order valence-electron chi connectivity index (χ1n) is 6.34. The van der Waals surface area contributed by atoms with Crippen LogP contribution in [0.4, 0.5) is 5.95 Å². The molecule has 6 nitrogen and oxygen atoms in total. The second kappa shape index (κ2) is 7.90. The Morgan fingerprint density at radius 1 is 1.52 bits per heavy atom. The number of carbonyl (C=O) groups excluding carboxylic acids is 1. The molecule has 1 heterocycles. The minimum Gasteiger partial charge on any atom is -0.463 e. The van der Waals surface area contributed by atoms with E-state index >= 15 is 0 Å². The summed E-state index contributed by atoms with van der Waals surface area (Å²) in [6.07, 6.45) is 0. The smallest absolute Gasteiger partial charge is 0.337 e. The Morgan fingerprint density at radius 3 is 3.14 bits per heavy atom. The average Bonchev–Trinajstić information content (AvgIpc) is 2.86. The number of aromatic nitrogens is 3. The number of nitrogens with zero attached hydrogens (tertiary/aromatic N) is 2. The number of carbonyl (C=O) groups is 1. The first kappa shape index (κ1) is 15.7. The number of benzene rings is 1. The van der Waals surface area contributed by atoms with Gasteiger partial charge in [-0.3, -0.25) is 10.1 Å². The van der Waals surface area contributed by atoms with Crippen molar-refractivity contribution < 1.29 is 9.53 Å². The Kier molecular flexibility index (Phi) is 5.89. The maximum absolute atomic E-state index is 11.8. The first-order chi connectivity index (χ1) is 10.2. The van der Waals surface area contributed by atoms with E-state index in [1.165, 1.54) is 11.8 Å². The van der Waals surface area contributed by atoms with Crippen molar-refractivity contribution in [2.24, 2.45) is 0 Å². The van der Waals surface area contributed by atoms with E-state index in [9.17, 15) is 4.79 Å². The zero-order chi connectivity index (χ0) is 15.1. The zero-order valence-corrected chi connectivity index (χ0v) is 13.0. The standard InChI is InChI=1S/C13H15ClN4O2S/c1-2-20-13-16-12(17-18-13)15-11(19)8-21-7-9-4-3-5-10(14)6-9/h3-6H,2,7-8H2,1H3,(H2,15,16,17,18,19). The Labute approximate surface area is 131 Å². The molecule has 1 aromatic heterocycles. The quantitative estimate of drug-likeness (QED) is 0.817. The number of hydrogen-bond acceptors (Lipinski definition) is 5. The number of hydrogen-bond donors (Lipinski definition) is 2. The average molecular weight is 327 g/mol. The highest BCUT2D eigenvalue weighted by atomic mass is 35.5. The third-order valence-electron chi connectivity index (χ3n) is 2.39. The van der Waals surface area contributed by atoms with Crippen molar-refractivity contribution in [3.05, 3.63) is 34.9 Å². The minimum atomic E-state index is -0.152. The molecule has 0 radical (unpaired) electrons. The van der Waals surface area contributed by atoms with Crippen LogP contribution in [0, 0.1) is 0 Å². The van der Waals surface area contributed by atoms with E-state index in [2.05, 4.69) is 20.5 Å². The van der Waals surface area contributed by atoms with Gasteiger partial charge in [-0.15, -0.1) is 16.9 Å². The second-order valence-electron chi connectivity index (χ2n) is 4.07. The van der Waals surface area contributed by atoms with E-state index in [1.807, 2.05) is 31.2 Å². The van der Waals surface area contributed by atoms with E-state index in [4.69, 9.17) is 16.3 Å². The molecule has 0 bridgehead atoms. The number of thioether (sulfide) groups is 1. The second-order valence-corrected chi connectivity index (χ2v) is 5.49. The number of H-pyrrole nitrogens is 1. The van der Waals surface area contributed by atoms with Crippen molar-refractivity contribution in [1.82, 2.24) is 15.2 Å². The zero-order valence-electron chi connectivity index (χ0n) is 11.4. The molecule has 0 aliphatic rings. The summed E-state index contributed by atoms with van der Waals surface area (Å²) in [7, 11) is 0. The van der Waals surface area contributed by atoms with Gasteiger partial charge in [0.2, 0.25) is 11.9 Å². The van der Waals surface area contributed by atoms with Crippen molar-refractivity contribution in [2.75, 3.05) is 17.7 Å². The molecule has 0 aliphatic carbocycles. The molecule has 1 amide bonds. The Hall–Kier alpha value is -1.73. The molecule has 8 heteroatoms. The van der Waals surface area contributed by atoms with Crippen molar-refractivity contribution in [1.29, 1.82) is 0 Å². The topological polar surface area (TPSA) is 79.9 Å². The van der Waals surface area contributed by atoms with Crippen LogP contribution in [0.1, 0.15) is 12.5 Å². The molecule has 0 saturated heterocycles. The molecule has 0 fully saturated rings. The van der Waals surface area contributed by atoms with Gasteiger partial charge in [0.15, 0.2) is 0 Å². The van der Waals surface area contributed by atoms with Gasteiger partial charge in [0.1, 0.15) is 0 Å².